The van der Waals surface area contributed by atoms with Gasteiger partial charge in [0.2, 0.25) is 0 Å². The van der Waals surface area contributed by atoms with E-state index in [0.29, 0.717) is 5.69 Å². The normalized spacial score (nSPS) is 7.30. The van der Waals surface area contributed by atoms with Crippen LogP contribution >= 0.6 is 49.9 Å². The highest BCUT2D eigenvalue weighted by Gasteiger charge is 1.84. The van der Waals surface area contributed by atoms with Gasteiger partial charge < -0.3 is 5.73 Å². The molecular weight excluding hydrogens is 328 g/mol. The van der Waals surface area contributed by atoms with E-state index >= 15 is 0 Å². The second kappa shape index (κ2) is 6.12. The molecule has 10 heavy (non-hydrogen) atoms. The maximum absolute atomic E-state index is 5.37. The van der Waals surface area contributed by atoms with Gasteiger partial charge in [-0.15, -0.1) is 34.0 Å². The van der Waals surface area contributed by atoms with Gasteiger partial charge in [-0.2, -0.15) is 0 Å². The summed E-state index contributed by atoms with van der Waals surface area (Å²) in [6, 6.07) is 1.80. The van der Waals surface area contributed by atoms with Crippen LogP contribution < -0.4 is 5.73 Å². The fourth-order valence-electron chi connectivity index (χ4n) is 0.428. The Bertz CT molecular complexity index is 175. The third kappa shape index (κ3) is 4.24. The highest BCUT2D eigenvalue weighted by molar-refractivity contribution is 9.10. The molecule has 0 aromatic carbocycles. The predicted octanol–water partition coefficient (Wildman–Crippen LogP) is 2.58. The van der Waals surface area contributed by atoms with Crippen molar-refractivity contribution >= 4 is 55.6 Å². The van der Waals surface area contributed by atoms with E-state index in [1.807, 2.05) is 0 Å². The van der Waals surface area contributed by atoms with Crippen LogP contribution in [-0.4, -0.2) is 4.98 Å². The topological polar surface area (TPSA) is 38.9 Å². The van der Waals surface area contributed by atoms with E-state index in [2.05, 4.69) is 20.9 Å². The molecule has 1 aromatic rings. The third-order valence-electron chi connectivity index (χ3n) is 0.726. The van der Waals surface area contributed by atoms with Gasteiger partial charge in [0.1, 0.15) is 0 Å². The lowest BCUT2D eigenvalue weighted by molar-refractivity contribution is 1.31. The second-order valence-electron chi connectivity index (χ2n) is 1.44. The Morgan fingerprint density at radius 3 is 2.20 bits per heavy atom. The minimum atomic E-state index is 0. The summed E-state index contributed by atoms with van der Waals surface area (Å²) in [6.45, 7) is 0. The molecule has 0 aliphatic carbocycles. The monoisotopic (exact) mass is 332 g/mol. The minimum absolute atomic E-state index is 0. The molecule has 0 unspecified atom stereocenters. The summed E-state index contributed by atoms with van der Waals surface area (Å²) < 4.78 is 0.914. The Balaban J connectivity index is 0. The first-order valence-corrected chi connectivity index (χ1v) is 2.94. The fourth-order valence-corrected chi connectivity index (χ4v) is 0.811. The average molecular weight is 335 g/mol. The quantitative estimate of drug-likeness (QED) is 0.792. The minimum Gasteiger partial charge on any atom is -0.397 e. The van der Waals surface area contributed by atoms with E-state index in [1.165, 1.54) is 0 Å². The van der Waals surface area contributed by atoms with Crippen molar-refractivity contribution < 1.29 is 0 Å². The maximum Gasteiger partial charge on any atom is 0.0511 e. The van der Waals surface area contributed by atoms with Gasteiger partial charge in [0.25, 0.3) is 0 Å². The van der Waals surface area contributed by atoms with Crippen LogP contribution in [0.4, 0.5) is 5.69 Å². The summed E-state index contributed by atoms with van der Waals surface area (Å²) in [7, 11) is 0. The number of hydrogen-bond donors (Lipinski definition) is 1. The molecule has 0 aliphatic heterocycles. The Morgan fingerprint density at radius 1 is 1.30 bits per heavy atom. The van der Waals surface area contributed by atoms with E-state index in [4.69, 9.17) is 5.73 Å². The number of nitrogens with zero attached hydrogens (tertiary/aromatic N) is 1. The molecule has 0 saturated carbocycles. The summed E-state index contributed by atoms with van der Waals surface area (Å²) in [6.07, 6.45) is 3.29. The summed E-state index contributed by atoms with van der Waals surface area (Å²) in [5, 5.41) is 0. The molecule has 0 saturated heterocycles. The molecular formula is C5H7Br3N2. The van der Waals surface area contributed by atoms with Crippen molar-refractivity contribution in [1.29, 1.82) is 0 Å². The summed E-state index contributed by atoms with van der Waals surface area (Å²) in [5.41, 5.74) is 6.05. The first-order chi connectivity index (χ1) is 3.79. The van der Waals surface area contributed by atoms with Crippen LogP contribution in [0.2, 0.25) is 0 Å². The maximum atomic E-state index is 5.37. The Hall–Kier alpha value is 0.390. The van der Waals surface area contributed by atoms with Crippen LogP contribution in [0.15, 0.2) is 22.9 Å². The van der Waals surface area contributed by atoms with Crippen molar-refractivity contribution in [2.75, 3.05) is 5.73 Å². The van der Waals surface area contributed by atoms with E-state index in [9.17, 15) is 0 Å². The van der Waals surface area contributed by atoms with Crippen molar-refractivity contribution in [2.45, 2.75) is 0 Å². The first-order valence-electron chi connectivity index (χ1n) is 2.15. The standard InChI is InChI=1S/C5H5BrN2.2BrH/c6-4-1-5(7)3-8-2-4;;/h1-3H,7H2;2*1H. The van der Waals surface area contributed by atoms with E-state index in [0.717, 1.165) is 4.47 Å². The van der Waals surface area contributed by atoms with Crippen LogP contribution in [-0.2, 0) is 0 Å². The molecule has 0 bridgehead atoms. The van der Waals surface area contributed by atoms with Gasteiger partial charge in [-0.05, 0) is 22.0 Å². The lowest BCUT2D eigenvalue weighted by atomic mass is 10.4. The smallest absolute Gasteiger partial charge is 0.0511 e. The molecule has 1 aromatic heterocycles. The molecule has 0 atom stereocenters. The van der Waals surface area contributed by atoms with Gasteiger partial charge in [-0.1, -0.05) is 0 Å². The van der Waals surface area contributed by atoms with Gasteiger partial charge in [-0.3, -0.25) is 4.98 Å². The number of nitrogens with two attached hydrogens (primary N) is 1. The number of aromatic nitrogens is 1. The molecule has 0 amide bonds. The molecule has 2 N–H and O–H groups in total. The first kappa shape index (κ1) is 13.0. The summed E-state index contributed by atoms with van der Waals surface area (Å²) in [4.78, 5) is 3.81. The molecule has 5 heteroatoms. The molecule has 1 rings (SSSR count). The van der Waals surface area contributed by atoms with Crippen LogP contribution in [0.1, 0.15) is 0 Å². The molecule has 2 nitrogen and oxygen atoms in total. The lowest BCUT2D eigenvalue weighted by Gasteiger charge is -1.88. The van der Waals surface area contributed by atoms with E-state index < -0.39 is 0 Å². The predicted molar refractivity (Wildman–Crippen MR) is 57.0 cm³/mol. The van der Waals surface area contributed by atoms with Crippen LogP contribution in [0.3, 0.4) is 0 Å². The Kier molecular flexibility index (Phi) is 7.97. The zero-order valence-electron chi connectivity index (χ0n) is 4.95. The zero-order chi connectivity index (χ0) is 5.98. The number of halogens is 3. The summed E-state index contributed by atoms with van der Waals surface area (Å²) >= 11 is 3.22. The highest BCUT2D eigenvalue weighted by atomic mass is 79.9. The van der Waals surface area contributed by atoms with Gasteiger partial charge in [0.05, 0.1) is 5.69 Å². The lowest BCUT2D eigenvalue weighted by Crippen LogP contribution is -1.83. The second-order valence-corrected chi connectivity index (χ2v) is 2.35. The molecule has 1 heterocycles. The van der Waals surface area contributed by atoms with Crippen LogP contribution in [0, 0.1) is 0 Å². The van der Waals surface area contributed by atoms with Crippen molar-refractivity contribution in [2.24, 2.45) is 0 Å². The highest BCUT2D eigenvalue weighted by Crippen LogP contribution is 2.09. The molecule has 0 radical (unpaired) electrons. The number of anilines is 1. The van der Waals surface area contributed by atoms with Gasteiger partial charge >= 0.3 is 0 Å². The van der Waals surface area contributed by atoms with Gasteiger partial charge in [-0.25, -0.2) is 0 Å². The van der Waals surface area contributed by atoms with Crippen molar-refractivity contribution in [3.63, 3.8) is 0 Å². The largest absolute Gasteiger partial charge is 0.397 e. The van der Waals surface area contributed by atoms with Crippen LogP contribution in [0.25, 0.3) is 0 Å². The molecule has 0 fully saturated rings. The Labute approximate surface area is 88.9 Å². The zero-order valence-corrected chi connectivity index (χ0v) is 9.96. The van der Waals surface area contributed by atoms with E-state index in [1.54, 1.807) is 18.5 Å². The molecule has 58 valence electrons. The Morgan fingerprint density at radius 2 is 1.90 bits per heavy atom. The van der Waals surface area contributed by atoms with Crippen molar-refractivity contribution in [3.8, 4) is 0 Å². The van der Waals surface area contributed by atoms with Crippen molar-refractivity contribution in [3.05, 3.63) is 22.9 Å². The SMILES string of the molecule is Br.Br.Nc1cncc(Br)c1. The number of hydrogen-bond acceptors (Lipinski definition) is 2. The third-order valence-corrected chi connectivity index (χ3v) is 1.16. The van der Waals surface area contributed by atoms with Crippen LogP contribution in [0.5, 0.6) is 0 Å². The van der Waals surface area contributed by atoms with E-state index in [-0.39, 0.29) is 34.0 Å². The number of rotatable bonds is 0. The fraction of sp³-hybridized carbons (Fsp3) is 0. The molecule has 0 aliphatic rings. The summed E-state index contributed by atoms with van der Waals surface area (Å²) in [5.74, 6) is 0. The number of nitrogen functional groups attached to an aromatic ring is 1. The average Bonchev–Trinajstić information content (AvgIpc) is 1.64. The van der Waals surface area contributed by atoms with Crippen molar-refractivity contribution in [1.82, 2.24) is 4.98 Å². The molecule has 0 spiro atoms. The van der Waals surface area contributed by atoms with Gasteiger partial charge in [0, 0.05) is 16.9 Å². The number of pyridine rings is 1. The van der Waals surface area contributed by atoms with Gasteiger partial charge in [0.15, 0.2) is 0 Å².